The second-order valence-electron chi connectivity index (χ2n) is 8.10. The minimum Gasteiger partial charge on any atom is -0.340 e. The van der Waals surface area contributed by atoms with E-state index in [0.717, 1.165) is 54.4 Å². The summed E-state index contributed by atoms with van der Waals surface area (Å²) in [5.74, 6) is 0.788. The van der Waals surface area contributed by atoms with E-state index in [0.29, 0.717) is 11.4 Å². The van der Waals surface area contributed by atoms with Gasteiger partial charge in [0.05, 0.1) is 17.6 Å². The molecule has 1 fully saturated rings. The van der Waals surface area contributed by atoms with Crippen molar-refractivity contribution in [2.45, 2.75) is 0 Å². The Hall–Kier alpha value is -4.04. The molecule has 1 aliphatic heterocycles. The van der Waals surface area contributed by atoms with Gasteiger partial charge in [-0.25, -0.2) is 4.98 Å². The topological polar surface area (TPSA) is 90.0 Å². The van der Waals surface area contributed by atoms with Crippen LogP contribution >= 0.6 is 0 Å². The van der Waals surface area contributed by atoms with E-state index < -0.39 is 0 Å². The number of H-pyrrole nitrogens is 1. The van der Waals surface area contributed by atoms with Crippen molar-refractivity contribution in [3.05, 3.63) is 78.8 Å². The standard InChI is InChI=1S/C25H25N7O/c1-31-12-14-32(15-13-31)25(33)18-5-7-20(8-6-18)29-23-16-19(9-11-27-23)21-17-28-30-24(21)22-4-2-3-10-26-22/h2-11,16-17H,12-15H2,1H3,(H,27,29)(H,28,30). The molecule has 8 nitrogen and oxygen atoms in total. The van der Waals surface area contributed by atoms with Gasteiger partial charge in [-0.05, 0) is 61.1 Å². The zero-order valence-electron chi connectivity index (χ0n) is 18.4. The predicted octanol–water partition coefficient (Wildman–Crippen LogP) is 3.66. The largest absolute Gasteiger partial charge is 0.340 e. The lowest BCUT2D eigenvalue weighted by Gasteiger charge is -2.32. The van der Waals surface area contributed by atoms with Crippen molar-refractivity contribution >= 4 is 17.4 Å². The molecule has 1 amide bonds. The van der Waals surface area contributed by atoms with E-state index in [1.165, 1.54) is 0 Å². The zero-order valence-corrected chi connectivity index (χ0v) is 18.4. The summed E-state index contributed by atoms with van der Waals surface area (Å²) in [6.45, 7) is 3.35. The lowest BCUT2D eigenvalue weighted by Crippen LogP contribution is -2.47. The number of nitrogens with one attached hydrogen (secondary N) is 2. The second kappa shape index (κ2) is 9.22. The van der Waals surface area contributed by atoms with E-state index in [1.54, 1.807) is 18.6 Å². The van der Waals surface area contributed by atoms with Crippen LogP contribution in [0.5, 0.6) is 0 Å². The Morgan fingerprint density at radius 3 is 2.55 bits per heavy atom. The van der Waals surface area contributed by atoms with Crippen molar-refractivity contribution in [2.75, 3.05) is 38.5 Å². The van der Waals surface area contributed by atoms with Crippen LogP contribution in [0.15, 0.2) is 73.2 Å². The average Bonchev–Trinajstić information content (AvgIpc) is 3.36. The molecule has 0 spiro atoms. The fourth-order valence-electron chi connectivity index (χ4n) is 3.91. The van der Waals surface area contributed by atoms with Crippen LogP contribution in [0.1, 0.15) is 10.4 Å². The van der Waals surface area contributed by atoms with Crippen molar-refractivity contribution in [2.24, 2.45) is 0 Å². The van der Waals surface area contributed by atoms with Crippen LogP contribution in [0.25, 0.3) is 22.5 Å². The van der Waals surface area contributed by atoms with E-state index in [1.807, 2.05) is 59.5 Å². The number of aromatic amines is 1. The third kappa shape index (κ3) is 4.61. The molecule has 4 heterocycles. The first-order chi connectivity index (χ1) is 16.2. The lowest BCUT2D eigenvalue weighted by atomic mass is 10.1. The number of hydrogen-bond donors (Lipinski definition) is 2. The smallest absolute Gasteiger partial charge is 0.253 e. The van der Waals surface area contributed by atoms with Gasteiger partial charge in [-0.2, -0.15) is 5.10 Å². The van der Waals surface area contributed by atoms with Gasteiger partial charge >= 0.3 is 0 Å². The Labute approximate surface area is 192 Å². The first-order valence-corrected chi connectivity index (χ1v) is 10.9. The third-order valence-electron chi connectivity index (χ3n) is 5.83. The van der Waals surface area contributed by atoms with E-state index in [2.05, 4.69) is 37.4 Å². The Kier molecular flexibility index (Phi) is 5.82. The first kappa shape index (κ1) is 20.8. The molecule has 1 aromatic carbocycles. The van der Waals surface area contributed by atoms with Gasteiger partial charge in [-0.1, -0.05) is 6.07 Å². The van der Waals surface area contributed by atoms with Gasteiger partial charge in [0.1, 0.15) is 5.82 Å². The summed E-state index contributed by atoms with van der Waals surface area (Å²) >= 11 is 0. The summed E-state index contributed by atoms with van der Waals surface area (Å²) in [5.41, 5.74) is 5.18. The van der Waals surface area contributed by atoms with Crippen molar-refractivity contribution in [3.63, 3.8) is 0 Å². The van der Waals surface area contributed by atoms with Crippen LogP contribution < -0.4 is 5.32 Å². The number of pyridine rings is 2. The Bertz CT molecular complexity index is 1230. The normalized spacial score (nSPS) is 14.3. The number of amides is 1. The highest BCUT2D eigenvalue weighted by atomic mass is 16.2. The summed E-state index contributed by atoms with van der Waals surface area (Å²) in [6.07, 6.45) is 5.32. The Balaban J connectivity index is 1.31. The number of nitrogens with zero attached hydrogens (tertiary/aromatic N) is 5. The van der Waals surface area contributed by atoms with Crippen LogP contribution in [0.2, 0.25) is 0 Å². The highest BCUT2D eigenvalue weighted by Gasteiger charge is 2.20. The van der Waals surface area contributed by atoms with Gasteiger partial charge in [0.2, 0.25) is 0 Å². The molecule has 5 rings (SSSR count). The van der Waals surface area contributed by atoms with E-state index in [-0.39, 0.29) is 5.91 Å². The number of likely N-dealkylation sites (N-methyl/N-ethyl adjacent to an activating group) is 1. The van der Waals surface area contributed by atoms with E-state index in [4.69, 9.17) is 0 Å². The molecule has 0 aliphatic carbocycles. The molecule has 4 aromatic rings. The fraction of sp³-hybridized carbons (Fsp3) is 0.200. The van der Waals surface area contributed by atoms with Gasteiger partial charge < -0.3 is 15.1 Å². The molecule has 0 unspecified atom stereocenters. The van der Waals surface area contributed by atoms with Gasteiger partial charge in [-0.15, -0.1) is 0 Å². The van der Waals surface area contributed by atoms with Gasteiger partial charge in [0, 0.05) is 55.4 Å². The van der Waals surface area contributed by atoms with Gasteiger partial charge in [-0.3, -0.25) is 14.9 Å². The molecular weight excluding hydrogens is 414 g/mol. The van der Waals surface area contributed by atoms with Crippen molar-refractivity contribution in [1.82, 2.24) is 30.0 Å². The quantitative estimate of drug-likeness (QED) is 0.493. The molecule has 166 valence electrons. The Morgan fingerprint density at radius 1 is 0.970 bits per heavy atom. The lowest BCUT2D eigenvalue weighted by molar-refractivity contribution is 0.0664. The molecular formula is C25H25N7O. The van der Waals surface area contributed by atoms with Crippen molar-refractivity contribution in [1.29, 1.82) is 0 Å². The van der Waals surface area contributed by atoms with Crippen LogP contribution in [-0.2, 0) is 0 Å². The summed E-state index contributed by atoms with van der Waals surface area (Å²) < 4.78 is 0. The van der Waals surface area contributed by atoms with Crippen LogP contribution in [0.3, 0.4) is 0 Å². The first-order valence-electron chi connectivity index (χ1n) is 10.9. The number of carbonyl (C=O) groups is 1. The van der Waals surface area contributed by atoms with E-state index in [9.17, 15) is 4.79 Å². The minimum atomic E-state index is 0.0804. The van der Waals surface area contributed by atoms with Crippen molar-refractivity contribution < 1.29 is 4.79 Å². The molecule has 2 N–H and O–H groups in total. The van der Waals surface area contributed by atoms with Crippen LogP contribution in [0, 0.1) is 0 Å². The number of aromatic nitrogens is 4. The van der Waals surface area contributed by atoms with Crippen LogP contribution in [0.4, 0.5) is 11.5 Å². The zero-order chi connectivity index (χ0) is 22.6. The summed E-state index contributed by atoms with van der Waals surface area (Å²) in [6, 6.07) is 17.2. The number of anilines is 2. The molecule has 0 bridgehead atoms. The van der Waals surface area contributed by atoms with Gasteiger partial charge in [0.15, 0.2) is 0 Å². The van der Waals surface area contributed by atoms with E-state index >= 15 is 0 Å². The predicted molar refractivity (Wildman–Crippen MR) is 128 cm³/mol. The molecule has 3 aromatic heterocycles. The molecule has 0 saturated carbocycles. The third-order valence-corrected chi connectivity index (χ3v) is 5.83. The monoisotopic (exact) mass is 439 g/mol. The maximum atomic E-state index is 12.8. The summed E-state index contributed by atoms with van der Waals surface area (Å²) in [7, 11) is 2.08. The number of piperazine rings is 1. The molecule has 8 heteroatoms. The summed E-state index contributed by atoms with van der Waals surface area (Å²) in [4.78, 5) is 25.8. The van der Waals surface area contributed by atoms with Gasteiger partial charge in [0.25, 0.3) is 5.91 Å². The molecule has 0 atom stereocenters. The molecule has 0 radical (unpaired) electrons. The highest BCUT2D eigenvalue weighted by molar-refractivity contribution is 5.94. The minimum absolute atomic E-state index is 0.0804. The fourth-order valence-corrected chi connectivity index (χ4v) is 3.91. The SMILES string of the molecule is CN1CCN(C(=O)c2ccc(Nc3cc(-c4cn[nH]c4-c4ccccn4)ccn3)cc2)CC1. The number of benzene rings is 1. The second-order valence-corrected chi connectivity index (χ2v) is 8.10. The average molecular weight is 440 g/mol. The molecule has 1 saturated heterocycles. The Morgan fingerprint density at radius 2 is 1.79 bits per heavy atom. The molecule has 1 aliphatic rings. The maximum Gasteiger partial charge on any atom is 0.253 e. The van der Waals surface area contributed by atoms with Crippen LogP contribution in [-0.4, -0.2) is 69.1 Å². The number of carbonyl (C=O) groups excluding carboxylic acids is 1. The molecule has 33 heavy (non-hydrogen) atoms. The maximum absolute atomic E-state index is 12.8. The number of hydrogen-bond acceptors (Lipinski definition) is 6. The van der Waals surface area contributed by atoms with Crippen molar-refractivity contribution in [3.8, 4) is 22.5 Å². The summed E-state index contributed by atoms with van der Waals surface area (Å²) in [5, 5.41) is 10.6. The number of rotatable bonds is 5. The highest BCUT2D eigenvalue weighted by Crippen LogP contribution is 2.30.